The number of aryl methyl sites for hydroxylation is 1. The number of carbonyl (C=O) groups is 1. The Hall–Kier alpha value is -2.31. The number of carboxylic acid groups (broad SMARTS) is 1. The van der Waals surface area contributed by atoms with Gasteiger partial charge in [-0.1, -0.05) is 20.8 Å². The van der Waals surface area contributed by atoms with Crippen LogP contribution in [0.1, 0.15) is 58.1 Å². The second-order valence-corrected chi connectivity index (χ2v) is 9.31. The largest absolute Gasteiger partial charge is 0.465 e. The van der Waals surface area contributed by atoms with E-state index in [2.05, 4.69) is 20.8 Å². The minimum absolute atomic E-state index is 0.000360. The fraction of sp³-hybridized carbons (Fsp3) is 0.650. The van der Waals surface area contributed by atoms with E-state index in [9.17, 15) is 14.7 Å². The molecule has 4 heterocycles. The van der Waals surface area contributed by atoms with Gasteiger partial charge in [-0.25, -0.2) is 14.6 Å². The van der Waals surface area contributed by atoms with Gasteiger partial charge in [0, 0.05) is 37.3 Å². The Kier molecular flexibility index (Phi) is 4.09. The summed E-state index contributed by atoms with van der Waals surface area (Å²) in [7, 11) is 1.78. The molecule has 1 amide bonds. The van der Waals surface area contributed by atoms with Crippen LogP contribution in [0.15, 0.2) is 16.9 Å². The summed E-state index contributed by atoms with van der Waals surface area (Å²) in [6.45, 7) is 7.00. The lowest BCUT2D eigenvalue weighted by atomic mass is 9.88. The molecule has 2 fully saturated rings. The third kappa shape index (κ3) is 3.03. The van der Waals surface area contributed by atoms with Gasteiger partial charge in [0.25, 0.3) is 0 Å². The summed E-state index contributed by atoms with van der Waals surface area (Å²) in [6, 6.07) is 4.23. The van der Waals surface area contributed by atoms with Crippen LogP contribution in [0.3, 0.4) is 0 Å². The average molecular weight is 372 g/mol. The molecule has 2 bridgehead atoms. The summed E-state index contributed by atoms with van der Waals surface area (Å²) in [5.74, 6) is 0.253. The first-order valence-corrected chi connectivity index (χ1v) is 9.73. The Labute approximate surface area is 158 Å². The molecule has 2 aromatic rings. The van der Waals surface area contributed by atoms with Crippen molar-refractivity contribution in [1.82, 2.24) is 19.0 Å². The number of hydrogen-bond acceptors (Lipinski definition) is 3. The molecule has 2 aliphatic rings. The molecule has 0 saturated carbocycles. The van der Waals surface area contributed by atoms with E-state index in [1.165, 1.54) is 0 Å². The van der Waals surface area contributed by atoms with Crippen LogP contribution in [0, 0.1) is 5.41 Å². The van der Waals surface area contributed by atoms with Gasteiger partial charge >= 0.3 is 11.8 Å². The highest BCUT2D eigenvalue weighted by Gasteiger charge is 2.44. The van der Waals surface area contributed by atoms with E-state index in [-0.39, 0.29) is 29.1 Å². The maximum Gasteiger partial charge on any atom is 0.407 e. The SMILES string of the molecule is Cn1c(=O)n(CC(C)(C)C)c2ccc(C3CC4CCC(C3)N4C(=O)O)nc21. The molecule has 27 heavy (non-hydrogen) atoms. The van der Waals surface area contributed by atoms with Crippen LogP contribution in [-0.4, -0.2) is 42.3 Å². The number of aromatic nitrogens is 3. The second kappa shape index (κ2) is 6.11. The monoisotopic (exact) mass is 372 g/mol. The van der Waals surface area contributed by atoms with E-state index in [4.69, 9.17) is 4.98 Å². The molecule has 0 aromatic carbocycles. The summed E-state index contributed by atoms with van der Waals surface area (Å²) >= 11 is 0. The quantitative estimate of drug-likeness (QED) is 0.878. The Morgan fingerprint density at radius 2 is 1.85 bits per heavy atom. The zero-order chi connectivity index (χ0) is 19.5. The van der Waals surface area contributed by atoms with E-state index in [1.54, 1.807) is 16.5 Å². The molecule has 7 nitrogen and oxygen atoms in total. The van der Waals surface area contributed by atoms with Gasteiger partial charge in [0.2, 0.25) is 0 Å². The van der Waals surface area contributed by atoms with Crippen molar-refractivity contribution >= 4 is 17.3 Å². The molecule has 1 N–H and O–H groups in total. The standard InChI is InChI=1S/C20H28N4O3/c1-20(2,3)11-23-16-8-7-15(21-17(16)22(4)18(23)25)12-9-13-5-6-14(10-12)24(13)19(26)27/h7-8,12-14H,5-6,9-11H2,1-4H3,(H,26,27). The second-order valence-electron chi connectivity index (χ2n) is 9.31. The lowest BCUT2D eigenvalue weighted by Crippen LogP contribution is -2.45. The van der Waals surface area contributed by atoms with Crippen LogP contribution >= 0.6 is 0 Å². The highest BCUT2D eigenvalue weighted by Crippen LogP contribution is 2.42. The molecule has 2 aliphatic heterocycles. The summed E-state index contributed by atoms with van der Waals surface area (Å²) < 4.78 is 3.44. The van der Waals surface area contributed by atoms with Gasteiger partial charge < -0.3 is 10.0 Å². The van der Waals surface area contributed by atoms with Crippen molar-refractivity contribution in [2.75, 3.05) is 0 Å². The average Bonchev–Trinajstić information content (AvgIpc) is 2.99. The van der Waals surface area contributed by atoms with Crippen molar-refractivity contribution < 1.29 is 9.90 Å². The molecule has 0 radical (unpaired) electrons. The van der Waals surface area contributed by atoms with Gasteiger partial charge in [-0.3, -0.25) is 9.13 Å². The molecule has 2 saturated heterocycles. The van der Waals surface area contributed by atoms with Crippen molar-refractivity contribution in [3.05, 3.63) is 28.3 Å². The Morgan fingerprint density at radius 1 is 1.22 bits per heavy atom. The number of fused-ring (bicyclic) bond motifs is 3. The maximum atomic E-state index is 12.7. The first kappa shape index (κ1) is 18.1. The summed E-state index contributed by atoms with van der Waals surface area (Å²) in [4.78, 5) is 30.7. The highest BCUT2D eigenvalue weighted by molar-refractivity contribution is 5.72. The Morgan fingerprint density at radius 3 is 2.41 bits per heavy atom. The predicted octanol–water partition coefficient (Wildman–Crippen LogP) is 3.17. The Balaban J connectivity index is 1.68. The van der Waals surface area contributed by atoms with Crippen LogP contribution in [0.2, 0.25) is 0 Å². The van der Waals surface area contributed by atoms with Gasteiger partial charge in [0.15, 0.2) is 5.65 Å². The lowest BCUT2D eigenvalue weighted by molar-refractivity contribution is 0.0961. The smallest absolute Gasteiger partial charge is 0.407 e. The van der Waals surface area contributed by atoms with Gasteiger partial charge in [-0.05, 0) is 43.2 Å². The van der Waals surface area contributed by atoms with Crippen LogP contribution < -0.4 is 5.69 Å². The number of rotatable bonds is 2. The normalized spacial score (nSPS) is 25.3. The fourth-order valence-electron chi connectivity index (χ4n) is 4.87. The number of piperidine rings is 1. The minimum atomic E-state index is -0.800. The van der Waals surface area contributed by atoms with Crippen molar-refractivity contribution in [3.63, 3.8) is 0 Å². The van der Waals surface area contributed by atoms with Crippen LogP contribution in [-0.2, 0) is 13.6 Å². The van der Waals surface area contributed by atoms with Crippen LogP contribution in [0.5, 0.6) is 0 Å². The minimum Gasteiger partial charge on any atom is -0.465 e. The number of amides is 1. The molecule has 2 aromatic heterocycles. The van der Waals surface area contributed by atoms with E-state index in [0.717, 1.165) is 42.5 Å². The van der Waals surface area contributed by atoms with E-state index in [1.807, 2.05) is 16.7 Å². The number of hydrogen-bond donors (Lipinski definition) is 1. The zero-order valence-electron chi connectivity index (χ0n) is 16.5. The Bertz CT molecular complexity index is 939. The third-order valence-corrected chi connectivity index (χ3v) is 6.01. The van der Waals surface area contributed by atoms with Crippen LogP contribution in [0.4, 0.5) is 4.79 Å². The number of nitrogens with zero attached hydrogens (tertiary/aromatic N) is 4. The van der Waals surface area contributed by atoms with Gasteiger partial charge in [0.05, 0.1) is 5.52 Å². The van der Waals surface area contributed by atoms with Gasteiger partial charge in [-0.15, -0.1) is 0 Å². The maximum absolute atomic E-state index is 12.7. The molecule has 2 atom stereocenters. The topological polar surface area (TPSA) is 80.4 Å². The molecule has 7 heteroatoms. The molecular formula is C20H28N4O3. The summed E-state index contributed by atoms with van der Waals surface area (Å²) in [6.07, 6.45) is 2.72. The molecule has 146 valence electrons. The highest BCUT2D eigenvalue weighted by atomic mass is 16.4. The fourth-order valence-corrected chi connectivity index (χ4v) is 4.87. The zero-order valence-corrected chi connectivity index (χ0v) is 16.5. The summed E-state index contributed by atoms with van der Waals surface area (Å²) in [5.41, 5.74) is 2.53. The predicted molar refractivity (Wildman–Crippen MR) is 103 cm³/mol. The number of pyridine rings is 1. The van der Waals surface area contributed by atoms with Crippen molar-refractivity contribution in [3.8, 4) is 0 Å². The molecule has 0 aliphatic carbocycles. The summed E-state index contributed by atoms with van der Waals surface area (Å²) in [5, 5.41) is 9.45. The van der Waals surface area contributed by atoms with Gasteiger partial charge in [0.1, 0.15) is 0 Å². The third-order valence-electron chi connectivity index (χ3n) is 6.01. The first-order chi connectivity index (χ1) is 12.7. The lowest BCUT2D eigenvalue weighted by Gasteiger charge is -2.36. The first-order valence-electron chi connectivity index (χ1n) is 9.73. The van der Waals surface area contributed by atoms with E-state index >= 15 is 0 Å². The van der Waals surface area contributed by atoms with Gasteiger partial charge in [-0.2, -0.15) is 0 Å². The van der Waals surface area contributed by atoms with Crippen LogP contribution in [0.25, 0.3) is 11.2 Å². The molecular weight excluding hydrogens is 344 g/mol. The van der Waals surface area contributed by atoms with Crippen molar-refractivity contribution in [2.24, 2.45) is 12.5 Å². The van der Waals surface area contributed by atoms with E-state index < -0.39 is 6.09 Å². The number of imidazole rings is 1. The molecule has 0 spiro atoms. The van der Waals surface area contributed by atoms with Crippen molar-refractivity contribution in [2.45, 2.75) is 71.0 Å². The molecule has 2 unspecified atom stereocenters. The van der Waals surface area contributed by atoms with E-state index in [0.29, 0.717) is 6.54 Å². The molecule has 4 rings (SSSR count). The van der Waals surface area contributed by atoms with Crippen molar-refractivity contribution in [1.29, 1.82) is 0 Å².